The Morgan fingerprint density at radius 1 is 1.12 bits per heavy atom. The Morgan fingerprint density at radius 3 is 2.58 bits per heavy atom. The molecule has 0 unspecified atom stereocenters. The molecule has 7 heteroatoms. The van der Waals surface area contributed by atoms with Gasteiger partial charge in [0.15, 0.2) is 6.10 Å². The van der Waals surface area contributed by atoms with E-state index in [2.05, 4.69) is 15.8 Å². The SMILES string of the molecule is Cc1cccc(O[C@H](C)C(=O)NNC(=O)c2ccc[nH]c2=O)c1C. The van der Waals surface area contributed by atoms with Gasteiger partial charge in [-0.25, -0.2) is 0 Å². The fraction of sp³-hybridized carbons (Fsp3) is 0.235. The van der Waals surface area contributed by atoms with E-state index in [0.29, 0.717) is 5.75 Å². The topological polar surface area (TPSA) is 100 Å². The highest BCUT2D eigenvalue weighted by Crippen LogP contribution is 2.21. The van der Waals surface area contributed by atoms with E-state index < -0.39 is 23.5 Å². The summed E-state index contributed by atoms with van der Waals surface area (Å²) in [5.74, 6) is -0.635. The van der Waals surface area contributed by atoms with Crippen molar-refractivity contribution in [1.82, 2.24) is 15.8 Å². The number of aryl methyl sites for hydroxylation is 1. The van der Waals surface area contributed by atoms with Crippen LogP contribution in [-0.2, 0) is 4.79 Å². The van der Waals surface area contributed by atoms with Crippen LogP contribution in [0.3, 0.4) is 0 Å². The van der Waals surface area contributed by atoms with E-state index in [0.717, 1.165) is 11.1 Å². The summed E-state index contributed by atoms with van der Waals surface area (Å²) >= 11 is 0. The maximum atomic E-state index is 12.0. The molecule has 1 aromatic carbocycles. The van der Waals surface area contributed by atoms with E-state index in [1.165, 1.54) is 18.3 Å². The van der Waals surface area contributed by atoms with Crippen molar-refractivity contribution in [3.63, 3.8) is 0 Å². The second-order valence-corrected chi connectivity index (χ2v) is 5.31. The number of hydrogen-bond acceptors (Lipinski definition) is 4. The van der Waals surface area contributed by atoms with E-state index in [1.54, 1.807) is 13.0 Å². The molecule has 0 bridgehead atoms. The van der Waals surface area contributed by atoms with Crippen LogP contribution in [0.5, 0.6) is 5.75 Å². The van der Waals surface area contributed by atoms with Gasteiger partial charge in [-0.05, 0) is 50.1 Å². The van der Waals surface area contributed by atoms with Crippen LogP contribution in [0.15, 0.2) is 41.3 Å². The van der Waals surface area contributed by atoms with Crippen molar-refractivity contribution in [3.8, 4) is 5.75 Å². The van der Waals surface area contributed by atoms with Crippen LogP contribution in [0.2, 0.25) is 0 Å². The lowest BCUT2D eigenvalue weighted by Gasteiger charge is -2.17. The number of ether oxygens (including phenoxy) is 1. The number of carbonyl (C=O) groups excluding carboxylic acids is 2. The van der Waals surface area contributed by atoms with Crippen molar-refractivity contribution < 1.29 is 14.3 Å². The summed E-state index contributed by atoms with van der Waals surface area (Å²) < 4.78 is 5.62. The zero-order valence-electron chi connectivity index (χ0n) is 13.7. The lowest BCUT2D eigenvalue weighted by atomic mass is 10.1. The molecule has 1 aromatic heterocycles. The molecule has 2 amide bonds. The fourth-order valence-corrected chi connectivity index (χ4v) is 1.98. The van der Waals surface area contributed by atoms with Gasteiger partial charge >= 0.3 is 0 Å². The molecular formula is C17H19N3O4. The van der Waals surface area contributed by atoms with E-state index in [4.69, 9.17) is 4.74 Å². The third-order valence-corrected chi connectivity index (χ3v) is 3.59. The minimum absolute atomic E-state index is 0.0964. The van der Waals surface area contributed by atoms with E-state index in [-0.39, 0.29) is 5.56 Å². The van der Waals surface area contributed by atoms with Gasteiger partial charge in [0, 0.05) is 6.20 Å². The van der Waals surface area contributed by atoms with Crippen LogP contribution in [-0.4, -0.2) is 22.9 Å². The first-order valence-corrected chi connectivity index (χ1v) is 7.41. The molecule has 0 aliphatic carbocycles. The van der Waals surface area contributed by atoms with Crippen molar-refractivity contribution in [3.05, 3.63) is 63.6 Å². The minimum Gasteiger partial charge on any atom is -0.481 e. The van der Waals surface area contributed by atoms with Crippen LogP contribution in [0.25, 0.3) is 0 Å². The second-order valence-electron chi connectivity index (χ2n) is 5.31. The van der Waals surface area contributed by atoms with Gasteiger partial charge in [0.1, 0.15) is 11.3 Å². The Balaban J connectivity index is 1.95. The van der Waals surface area contributed by atoms with Gasteiger partial charge in [0.2, 0.25) is 0 Å². The maximum absolute atomic E-state index is 12.0. The highest BCUT2D eigenvalue weighted by Gasteiger charge is 2.17. The predicted octanol–water partition coefficient (Wildman–Crippen LogP) is 1.22. The van der Waals surface area contributed by atoms with Gasteiger partial charge in [0.25, 0.3) is 17.4 Å². The monoisotopic (exact) mass is 329 g/mol. The van der Waals surface area contributed by atoms with Crippen molar-refractivity contribution in [2.45, 2.75) is 26.9 Å². The average Bonchev–Trinajstić information content (AvgIpc) is 2.56. The standard InChI is InChI=1S/C17H19N3O4/c1-10-6-4-8-14(11(10)2)24-12(3)15(21)19-20-17(23)13-7-5-9-18-16(13)22/h4-9,12H,1-3H3,(H,18,22)(H,19,21)(H,20,23)/t12-/m1/s1. The smallest absolute Gasteiger partial charge is 0.279 e. The lowest BCUT2D eigenvalue weighted by molar-refractivity contribution is -0.128. The maximum Gasteiger partial charge on any atom is 0.279 e. The Morgan fingerprint density at radius 2 is 1.88 bits per heavy atom. The molecule has 0 spiro atoms. The Hall–Kier alpha value is -3.09. The minimum atomic E-state index is -0.820. The highest BCUT2D eigenvalue weighted by atomic mass is 16.5. The molecule has 0 aliphatic heterocycles. The number of aromatic nitrogens is 1. The third kappa shape index (κ3) is 4.01. The molecule has 2 rings (SSSR count). The van der Waals surface area contributed by atoms with Gasteiger partial charge < -0.3 is 9.72 Å². The summed E-state index contributed by atoms with van der Waals surface area (Å²) in [4.78, 5) is 37.8. The van der Waals surface area contributed by atoms with Crippen LogP contribution in [0.4, 0.5) is 0 Å². The van der Waals surface area contributed by atoms with E-state index in [1.807, 2.05) is 26.0 Å². The van der Waals surface area contributed by atoms with Crippen molar-refractivity contribution in [2.24, 2.45) is 0 Å². The van der Waals surface area contributed by atoms with Gasteiger partial charge in [-0.2, -0.15) is 0 Å². The first-order valence-electron chi connectivity index (χ1n) is 7.41. The molecule has 7 nitrogen and oxygen atoms in total. The number of amides is 2. The largest absolute Gasteiger partial charge is 0.481 e. The molecular weight excluding hydrogens is 310 g/mol. The first-order chi connectivity index (χ1) is 11.4. The molecule has 0 saturated carbocycles. The quantitative estimate of drug-likeness (QED) is 0.734. The number of nitrogens with one attached hydrogen (secondary N) is 3. The van der Waals surface area contributed by atoms with Crippen molar-refractivity contribution >= 4 is 11.8 Å². The Labute approximate surface area is 139 Å². The Bertz CT molecular complexity index is 813. The molecule has 24 heavy (non-hydrogen) atoms. The predicted molar refractivity (Wildman–Crippen MR) is 88.7 cm³/mol. The molecule has 1 atom stereocenters. The van der Waals surface area contributed by atoms with Crippen LogP contribution in [0, 0.1) is 13.8 Å². The number of hydrogen-bond donors (Lipinski definition) is 3. The summed E-state index contributed by atoms with van der Waals surface area (Å²) in [6, 6.07) is 8.44. The van der Waals surface area contributed by atoms with Gasteiger partial charge in [0.05, 0.1) is 0 Å². The number of rotatable bonds is 4. The number of aromatic amines is 1. The van der Waals surface area contributed by atoms with E-state index in [9.17, 15) is 14.4 Å². The number of H-pyrrole nitrogens is 1. The van der Waals surface area contributed by atoms with Crippen molar-refractivity contribution in [2.75, 3.05) is 0 Å². The summed E-state index contributed by atoms with van der Waals surface area (Å²) in [6.45, 7) is 5.42. The summed E-state index contributed by atoms with van der Waals surface area (Å²) in [5, 5.41) is 0. The summed E-state index contributed by atoms with van der Waals surface area (Å²) in [5.41, 5.74) is 5.80. The molecule has 3 N–H and O–H groups in total. The van der Waals surface area contributed by atoms with Crippen LogP contribution in [0.1, 0.15) is 28.4 Å². The zero-order chi connectivity index (χ0) is 17.7. The molecule has 126 valence electrons. The number of hydrazine groups is 1. The number of pyridine rings is 1. The highest BCUT2D eigenvalue weighted by molar-refractivity contribution is 5.95. The molecule has 0 radical (unpaired) electrons. The second kappa shape index (κ2) is 7.45. The Kier molecular flexibility index (Phi) is 5.36. The normalized spacial score (nSPS) is 11.5. The zero-order valence-corrected chi connectivity index (χ0v) is 13.7. The lowest BCUT2D eigenvalue weighted by Crippen LogP contribution is -2.48. The van der Waals surface area contributed by atoms with Gasteiger partial charge in [-0.15, -0.1) is 0 Å². The number of carbonyl (C=O) groups is 2. The first kappa shape index (κ1) is 17.3. The van der Waals surface area contributed by atoms with Gasteiger partial charge in [-0.1, -0.05) is 12.1 Å². The van der Waals surface area contributed by atoms with Gasteiger partial charge in [-0.3, -0.25) is 25.2 Å². The third-order valence-electron chi connectivity index (χ3n) is 3.59. The summed E-state index contributed by atoms with van der Waals surface area (Å²) in [6.07, 6.45) is 0.595. The fourth-order valence-electron chi connectivity index (χ4n) is 1.98. The molecule has 0 saturated heterocycles. The average molecular weight is 329 g/mol. The molecule has 0 fully saturated rings. The van der Waals surface area contributed by atoms with E-state index >= 15 is 0 Å². The van der Waals surface area contributed by atoms with Crippen molar-refractivity contribution in [1.29, 1.82) is 0 Å². The summed E-state index contributed by atoms with van der Waals surface area (Å²) in [7, 11) is 0. The molecule has 1 heterocycles. The van der Waals surface area contributed by atoms with Crippen LogP contribution < -0.4 is 21.1 Å². The molecule has 0 aliphatic rings. The molecule has 2 aromatic rings. The number of benzene rings is 1. The van der Waals surface area contributed by atoms with Crippen LogP contribution >= 0.6 is 0 Å².